The van der Waals surface area contributed by atoms with Crippen LogP contribution in [0.25, 0.3) is 0 Å². The second-order valence-corrected chi connectivity index (χ2v) is 8.17. The molecule has 0 aromatic heterocycles. The maximum atomic E-state index is 12.2. The zero-order valence-corrected chi connectivity index (χ0v) is 15.1. The van der Waals surface area contributed by atoms with Crippen LogP contribution in [-0.4, -0.2) is 53.7 Å². The van der Waals surface area contributed by atoms with Gasteiger partial charge in [0.15, 0.2) is 0 Å². The maximum Gasteiger partial charge on any atom is 0.410 e. The van der Waals surface area contributed by atoms with E-state index in [2.05, 4.69) is 18.7 Å². The fourth-order valence-corrected chi connectivity index (χ4v) is 3.90. The molecule has 4 heteroatoms. The Kier molecular flexibility index (Phi) is 5.76. The van der Waals surface area contributed by atoms with E-state index in [1.54, 1.807) is 0 Å². The Labute approximate surface area is 136 Å². The normalized spacial score (nSPS) is 31.1. The molecule has 0 spiro atoms. The average molecular weight is 310 g/mol. The first-order valence-corrected chi connectivity index (χ1v) is 9.02. The van der Waals surface area contributed by atoms with Crippen molar-refractivity contribution in [3.05, 3.63) is 0 Å². The van der Waals surface area contributed by atoms with Crippen LogP contribution in [0.1, 0.15) is 60.3 Å². The van der Waals surface area contributed by atoms with E-state index in [9.17, 15) is 4.79 Å². The number of hydrogen-bond acceptors (Lipinski definition) is 3. The number of carbonyl (C=O) groups excluding carboxylic acids is 1. The zero-order chi connectivity index (χ0) is 16.3. The number of hydrogen-bond donors (Lipinski definition) is 0. The number of carbonyl (C=O) groups is 1. The van der Waals surface area contributed by atoms with Gasteiger partial charge < -0.3 is 9.64 Å². The van der Waals surface area contributed by atoms with Crippen LogP contribution >= 0.6 is 0 Å². The third-order valence-electron chi connectivity index (χ3n) is 5.11. The van der Waals surface area contributed by atoms with Crippen LogP contribution in [0.15, 0.2) is 0 Å². The lowest BCUT2D eigenvalue weighted by Gasteiger charge is -2.45. The molecule has 3 atom stereocenters. The van der Waals surface area contributed by atoms with Crippen molar-refractivity contribution in [2.45, 2.75) is 71.9 Å². The quantitative estimate of drug-likeness (QED) is 0.778. The predicted octanol–water partition coefficient (Wildman–Crippen LogP) is 3.75. The van der Waals surface area contributed by atoms with E-state index < -0.39 is 5.60 Å². The van der Waals surface area contributed by atoms with Gasteiger partial charge in [-0.25, -0.2) is 4.79 Å². The fraction of sp³-hybridized carbons (Fsp3) is 0.944. The van der Waals surface area contributed by atoms with Crippen molar-refractivity contribution in [2.24, 2.45) is 11.8 Å². The van der Waals surface area contributed by atoms with E-state index in [1.165, 1.54) is 32.4 Å². The predicted molar refractivity (Wildman–Crippen MR) is 90.0 cm³/mol. The van der Waals surface area contributed by atoms with Gasteiger partial charge in [-0.05, 0) is 58.4 Å². The smallest absolute Gasteiger partial charge is 0.410 e. The topological polar surface area (TPSA) is 32.8 Å². The summed E-state index contributed by atoms with van der Waals surface area (Å²) in [5, 5.41) is 0. The van der Waals surface area contributed by atoms with E-state index in [1.807, 2.05) is 25.7 Å². The largest absolute Gasteiger partial charge is 0.444 e. The van der Waals surface area contributed by atoms with Gasteiger partial charge in [-0.2, -0.15) is 0 Å². The summed E-state index contributed by atoms with van der Waals surface area (Å²) in [6, 6.07) is 0.632. The Morgan fingerprint density at radius 3 is 2.50 bits per heavy atom. The number of piperidine rings is 2. The summed E-state index contributed by atoms with van der Waals surface area (Å²) in [6.45, 7) is 14.5. The molecule has 2 aliphatic heterocycles. The molecule has 0 radical (unpaired) electrons. The van der Waals surface area contributed by atoms with E-state index in [-0.39, 0.29) is 6.09 Å². The third kappa shape index (κ3) is 4.61. The lowest BCUT2D eigenvalue weighted by molar-refractivity contribution is -0.00206. The summed E-state index contributed by atoms with van der Waals surface area (Å²) in [7, 11) is 0. The third-order valence-corrected chi connectivity index (χ3v) is 5.11. The molecule has 22 heavy (non-hydrogen) atoms. The molecule has 0 saturated carbocycles. The van der Waals surface area contributed by atoms with Gasteiger partial charge in [-0.1, -0.05) is 20.3 Å². The van der Waals surface area contributed by atoms with Crippen LogP contribution in [0.3, 0.4) is 0 Å². The molecule has 0 aromatic rings. The summed E-state index contributed by atoms with van der Waals surface area (Å²) < 4.78 is 5.51. The first-order valence-electron chi connectivity index (χ1n) is 9.02. The molecule has 0 aromatic carbocycles. The molecule has 2 aliphatic rings. The molecule has 0 aliphatic carbocycles. The SMILES string of the molecule is CC[C@@H]1CCCN(C2CCN(C(=O)OC(C)(C)C)CC2C)C1. The highest BCUT2D eigenvalue weighted by molar-refractivity contribution is 5.68. The molecule has 0 bridgehead atoms. The van der Waals surface area contributed by atoms with Gasteiger partial charge >= 0.3 is 6.09 Å². The van der Waals surface area contributed by atoms with Gasteiger partial charge in [0.1, 0.15) is 5.60 Å². The van der Waals surface area contributed by atoms with Crippen molar-refractivity contribution in [3.8, 4) is 0 Å². The number of nitrogens with zero attached hydrogens (tertiary/aromatic N) is 2. The summed E-state index contributed by atoms with van der Waals surface area (Å²) in [5.74, 6) is 1.39. The van der Waals surface area contributed by atoms with E-state index >= 15 is 0 Å². The van der Waals surface area contributed by atoms with Crippen LogP contribution in [-0.2, 0) is 4.74 Å². The molecule has 2 saturated heterocycles. The molecule has 2 rings (SSSR count). The Morgan fingerprint density at radius 1 is 1.18 bits per heavy atom. The van der Waals surface area contributed by atoms with E-state index in [0.29, 0.717) is 12.0 Å². The van der Waals surface area contributed by atoms with Crippen molar-refractivity contribution in [3.63, 3.8) is 0 Å². The van der Waals surface area contributed by atoms with Crippen molar-refractivity contribution in [1.29, 1.82) is 0 Å². The molecule has 0 N–H and O–H groups in total. The standard InChI is InChI=1S/C18H34N2O2/c1-6-15-8-7-10-19(13-15)16-9-11-20(12-14(16)2)17(21)22-18(3,4)5/h14-16H,6-13H2,1-5H3/t14?,15-,16?/m1/s1. The summed E-state index contributed by atoms with van der Waals surface area (Å²) in [4.78, 5) is 16.8. The maximum absolute atomic E-state index is 12.2. The van der Waals surface area contributed by atoms with Gasteiger partial charge in [0, 0.05) is 25.7 Å². The first-order chi connectivity index (χ1) is 10.3. The van der Waals surface area contributed by atoms with Crippen molar-refractivity contribution < 1.29 is 9.53 Å². The number of rotatable bonds is 2. The number of likely N-dealkylation sites (tertiary alicyclic amines) is 2. The second-order valence-electron chi connectivity index (χ2n) is 8.17. The van der Waals surface area contributed by atoms with Crippen molar-refractivity contribution in [2.75, 3.05) is 26.2 Å². The molecule has 1 amide bonds. The highest BCUT2D eigenvalue weighted by Crippen LogP contribution is 2.28. The molecular weight excluding hydrogens is 276 g/mol. The highest BCUT2D eigenvalue weighted by atomic mass is 16.6. The minimum atomic E-state index is -0.404. The summed E-state index contributed by atoms with van der Waals surface area (Å²) in [6.07, 6.45) is 4.94. The minimum Gasteiger partial charge on any atom is -0.444 e. The summed E-state index contributed by atoms with van der Waals surface area (Å²) in [5.41, 5.74) is -0.404. The van der Waals surface area contributed by atoms with Crippen LogP contribution < -0.4 is 0 Å². The van der Waals surface area contributed by atoms with Gasteiger partial charge in [0.2, 0.25) is 0 Å². The Bertz CT molecular complexity index is 378. The fourth-order valence-electron chi connectivity index (χ4n) is 3.90. The van der Waals surface area contributed by atoms with E-state index in [0.717, 1.165) is 25.4 Å². The average Bonchev–Trinajstić information content (AvgIpc) is 2.45. The Balaban J connectivity index is 1.88. The molecule has 128 valence electrons. The van der Waals surface area contributed by atoms with Crippen LogP contribution in [0, 0.1) is 11.8 Å². The monoisotopic (exact) mass is 310 g/mol. The molecular formula is C18H34N2O2. The Morgan fingerprint density at radius 2 is 1.91 bits per heavy atom. The lowest BCUT2D eigenvalue weighted by Crippen LogP contribution is -2.54. The number of ether oxygens (including phenoxy) is 1. The molecule has 2 fully saturated rings. The van der Waals surface area contributed by atoms with Gasteiger partial charge in [-0.3, -0.25) is 4.90 Å². The molecule has 2 unspecified atom stereocenters. The van der Waals surface area contributed by atoms with Crippen LogP contribution in [0.5, 0.6) is 0 Å². The van der Waals surface area contributed by atoms with Crippen molar-refractivity contribution in [1.82, 2.24) is 9.80 Å². The second kappa shape index (κ2) is 7.20. The highest BCUT2D eigenvalue weighted by Gasteiger charge is 2.35. The minimum absolute atomic E-state index is 0.150. The number of amides is 1. The van der Waals surface area contributed by atoms with Crippen LogP contribution in [0.4, 0.5) is 4.79 Å². The Hall–Kier alpha value is -0.770. The summed E-state index contributed by atoms with van der Waals surface area (Å²) >= 11 is 0. The van der Waals surface area contributed by atoms with Crippen LogP contribution in [0.2, 0.25) is 0 Å². The zero-order valence-electron chi connectivity index (χ0n) is 15.1. The lowest BCUT2D eigenvalue weighted by atomic mass is 9.88. The van der Waals surface area contributed by atoms with Gasteiger partial charge in [0.25, 0.3) is 0 Å². The van der Waals surface area contributed by atoms with Crippen molar-refractivity contribution >= 4 is 6.09 Å². The first kappa shape index (κ1) is 17.6. The van der Waals surface area contributed by atoms with E-state index in [4.69, 9.17) is 4.74 Å². The van der Waals surface area contributed by atoms with Gasteiger partial charge in [-0.15, -0.1) is 0 Å². The molecule has 2 heterocycles. The molecule has 4 nitrogen and oxygen atoms in total. The van der Waals surface area contributed by atoms with Gasteiger partial charge in [0.05, 0.1) is 0 Å².